The Bertz CT molecular complexity index is 533. The number of hydrogen-bond donors (Lipinski definition) is 0. The molecule has 0 bridgehead atoms. The number of anilines is 1. The summed E-state index contributed by atoms with van der Waals surface area (Å²) in [6, 6.07) is 3.91. The van der Waals surface area contributed by atoms with Gasteiger partial charge in [-0.1, -0.05) is 0 Å². The van der Waals surface area contributed by atoms with Crippen LogP contribution in [0.1, 0.15) is 12.8 Å². The fourth-order valence-electron chi connectivity index (χ4n) is 1.89. The minimum atomic E-state index is 0.0765. The van der Waals surface area contributed by atoms with E-state index in [4.69, 9.17) is 9.15 Å². The summed E-state index contributed by atoms with van der Waals surface area (Å²) in [5, 5.41) is 0. The molecule has 1 aliphatic heterocycles. The monoisotopic (exact) mass is 204 g/mol. The molecule has 0 saturated carbocycles. The van der Waals surface area contributed by atoms with Gasteiger partial charge in [-0.2, -0.15) is 0 Å². The van der Waals surface area contributed by atoms with Crippen molar-refractivity contribution in [2.24, 2.45) is 0 Å². The van der Waals surface area contributed by atoms with Crippen LogP contribution in [0.25, 0.3) is 11.1 Å². The van der Waals surface area contributed by atoms with Crippen LogP contribution in [0, 0.1) is 6.92 Å². The Morgan fingerprint density at radius 3 is 3.00 bits per heavy atom. The highest BCUT2D eigenvalue weighted by atomic mass is 16.5. The van der Waals surface area contributed by atoms with Gasteiger partial charge in [0, 0.05) is 20.0 Å². The zero-order chi connectivity index (χ0) is 10.6. The van der Waals surface area contributed by atoms with Crippen molar-refractivity contribution in [3.63, 3.8) is 0 Å². The van der Waals surface area contributed by atoms with Gasteiger partial charge in [0.05, 0.1) is 5.69 Å². The summed E-state index contributed by atoms with van der Waals surface area (Å²) in [6.07, 6.45) is 0.0765. The molecule has 3 rings (SSSR count). The number of ether oxygens (including phenoxy) is 1. The Balaban J connectivity index is 2.25. The predicted molar refractivity (Wildman–Crippen MR) is 57.2 cm³/mol. The van der Waals surface area contributed by atoms with Crippen LogP contribution in [0.3, 0.4) is 0 Å². The normalized spacial score (nSPS) is 19.4. The highest BCUT2D eigenvalue weighted by molar-refractivity contribution is 5.83. The fraction of sp³-hybridized carbons (Fsp3) is 0.364. The Hall–Kier alpha value is -1.71. The minimum Gasteiger partial charge on any atom is -0.469 e. The van der Waals surface area contributed by atoms with E-state index in [0.29, 0.717) is 5.89 Å². The summed E-state index contributed by atoms with van der Waals surface area (Å²) < 4.78 is 11.1. The van der Waals surface area contributed by atoms with Crippen LogP contribution >= 0.6 is 0 Å². The van der Waals surface area contributed by atoms with E-state index >= 15 is 0 Å². The molecule has 1 atom stereocenters. The first-order valence-corrected chi connectivity index (χ1v) is 4.96. The highest BCUT2D eigenvalue weighted by Gasteiger charge is 2.25. The summed E-state index contributed by atoms with van der Waals surface area (Å²) in [7, 11) is 2.01. The number of nitrogens with zero attached hydrogens (tertiary/aromatic N) is 2. The van der Waals surface area contributed by atoms with Gasteiger partial charge in [0.15, 0.2) is 17.7 Å². The Kier molecular flexibility index (Phi) is 1.52. The van der Waals surface area contributed by atoms with E-state index in [1.54, 1.807) is 0 Å². The third-order valence-corrected chi connectivity index (χ3v) is 2.80. The van der Waals surface area contributed by atoms with Crippen molar-refractivity contribution in [1.29, 1.82) is 0 Å². The van der Waals surface area contributed by atoms with Gasteiger partial charge in [-0.25, -0.2) is 4.98 Å². The first-order chi connectivity index (χ1) is 7.15. The van der Waals surface area contributed by atoms with E-state index < -0.39 is 0 Å². The number of fused-ring (bicyclic) bond motifs is 2. The molecule has 15 heavy (non-hydrogen) atoms. The van der Waals surface area contributed by atoms with E-state index in [-0.39, 0.29) is 6.23 Å². The molecule has 78 valence electrons. The van der Waals surface area contributed by atoms with E-state index in [9.17, 15) is 0 Å². The predicted octanol–water partition coefficient (Wildman–Crippen LogP) is 2.31. The highest BCUT2D eigenvalue weighted by Crippen LogP contribution is 2.39. The quantitative estimate of drug-likeness (QED) is 0.660. The van der Waals surface area contributed by atoms with Gasteiger partial charge in [0.2, 0.25) is 0 Å². The molecule has 1 aromatic heterocycles. The second-order valence-electron chi connectivity index (χ2n) is 3.85. The van der Waals surface area contributed by atoms with E-state index in [2.05, 4.69) is 9.88 Å². The van der Waals surface area contributed by atoms with Crippen molar-refractivity contribution in [2.75, 3.05) is 11.9 Å². The zero-order valence-corrected chi connectivity index (χ0v) is 8.94. The van der Waals surface area contributed by atoms with Gasteiger partial charge < -0.3 is 14.1 Å². The topological polar surface area (TPSA) is 38.5 Å². The van der Waals surface area contributed by atoms with Gasteiger partial charge in [0.1, 0.15) is 11.3 Å². The van der Waals surface area contributed by atoms with Crippen molar-refractivity contribution in [1.82, 2.24) is 4.98 Å². The molecule has 0 spiro atoms. The Morgan fingerprint density at radius 1 is 1.40 bits per heavy atom. The summed E-state index contributed by atoms with van der Waals surface area (Å²) >= 11 is 0. The minimum absolute atomic E-state index is 0.0765. The molecule has 4 nitrogen and oxygen atoms in total. The third-order valence-electron chi connectivity index (χ3n) is 2.80. The van der Waals surface area contributed by atoms with Crippen LogP contribution < -0.4 is 9.64 Å². The molecule has 0 radical (unpaired) electrons. The molecule has 0 amide bonds. The van der Waals surface area contributed by atoms with Crippen molar-refractivity contribution < 1.29 is 9.15 Å². The molecular formula is C11H12N2O2. The van der Waals surface area contributed by atoms with Crippen LogP contribution in [0.15, 0.2) is 16.5 Å². The average Bonchev–Trinajstić information content (AvgIpc) is 2.65. The molecule has 0 N–H and O–H groups in total. The van der Waals surface area contributed by atoms with Crippen LogP contribution in [-0.2, 0) is 0 Å². The molecule has 1 unspecified atom stereocenters. The molecular weight excluding hydrogens is 192 g/mol. The van der Waals surface area contributed by atoms with E-state index in [0.717, 1.165) is 22.5 Å². The zero-order valence-electron chi connectivity index (χ0n) is 8.94. The van der Waals surface area contributed by atoms with Crippen molar-refractivity contribution >= 4 is 16.8 Å². The maximum absolute atomic E-state index is 5.67. The average molecular weight is 204 g/mol. The van der Waals surface area contributed by atoms with Gasteiger partial charge in [-0.05, 0) is 13.0 Å². The second-order valence-corrected chi connectivity index (χ2v) is 3.85. The van der Waals surface area contributed by atoms with Gasteiger partial charge in [-0.15, -0.1) is 0 Å². The number of benzene rings is 1. The van der Waals surface area contributed by atoms with Gasteiger partial charge in [0.25, 0.3) is 0 Å². The lowest BCUT2D eigenvalue weighted by Crippen LogP contribution is -2.27. The molecule has 1 aromatic carbocycles. The van der Waals surface area contributed by atoms with Crippen molar-refractivity contribution in [3.05, 3.63) is 18.0 Å². The van der Waals surface area contributed by atoms with Crippen LogP contribution in [0.5, 0.6) is 5.75 Å². The number of oxazole rings is 1. The SMILES string of the molecule is Cc1nc2cc3c(cc2o1)OC(C)N3C. The maximum Gasteiger partial charge on any atom is 0.192 e. The summed E-state index contributed by atoms with van der Waals surface area (Å²) in [4.78, 5) is 6.38. The lowest BCUT2D eigenvalue weighted by atomic mass is 10.2. The first-order valence-electron chi connectivity index (χ1n) is 4.96. The van der Waals surface area contributed by atoms with Crippen LogP contribution in [0.4, 0.5) is 5.69 Å². The second kappa shape index (κ2) is 2.66. The molecule has 2 aromatic rings. The lowest BCUT2D eigenvalue weighted by Gasteiger charge is -2.14. The molecule has 1 aliphatic rings. The third kappa shape index (κ3) is 1.11. The molecule has 0 saturated heterocycles. The molecule has 2 heterocycles. The van der Waals surface area contributed by atoms with Crippen molar-refractivity contribution in [2.45, 2.75) is 20.1 Å². The number of hydrogen-bond acceptors (Lipinski definition) is 4. The molecule has 0 aliphatic carbocycles. The first kappa shape index (κ1) is 8.59. The van der Waals surface area contributed by atoms with Crippen LogP contribution in [-0.4, -0.2) is 18.3 Å². The van der Waals surface area contributed by atoms with E-state index in [1.165, 1.54) is 0 Å². The van der Waals surface area contributed by atoms with Gasteiger partial charge in [-0.3, -0.25) is 0 Å². The smallest absolute Gasteiger partial charge is 0.192 e. The van der Waals surface area contributed by atoms with E-state index in [1.807, 2.05) is 33.0 Å². The summed E-state index contributed by atoms with van der Waals surface area (Å²) in [5.41, 5.74) is 2.74. The fourth-order valence-corrected chi connectivity index (χ4v) is 1.89. The van der Waals surface area contributed by atoms with Gasteiger partial charge >= 0.3 is 0 Å². The summed E-state index contributed by atoms with van der Waals surface area (Å²) in [5.74, 6) is 1.55. The Labute approximate surface area is 87.5 Å². The maximum atomic E-state index is 5.67. The molecule has 0 fully saturated rings. The van der Waals surface area contributed by atoms with Crippen molar-refractivity contribution in [3.8, 4) is 5.75 Å². The number of aryl methyl sites for hydroxylation is 1. The largest absolute Gasteiger partial charge is 0.469 e. The number of aromatic nitrogens is 1. The Morgan fingerprint density at radius 2 is 2.20 bits per heavy atom. The lowest BCUT2D eigenvalue weighted by molar-refractivity contribution is 0.251. The molecule has 4 heteroatoms. The summed E-state index contributed by atoms with van der Waals surface area (Å²) in [6.45, 7) is 3.86. The standard InChI is InChI=1S/C11H12N2O2/c1-6-12-8-4-9-11(5-10(8)14-6)15-7(2)13(9)3/h4-5,7H,1-3H3. The van der Waals surface area contributed by atoms with Crippen LogP contribution in [0.2, 0.25) is 0 Å². The number of rotatable bonds is 0.